The van der Waals surface area contributed by atoms with Gasteiger partial charge in [-0.1, -0.05) is 18.5 Å². The van der Waals surface area contributed by atoms with Gasteiger partial charge in [-0.15, -0.1) is 0 Å². The molecule has 0 spiro atoms. The van der Waals surface area contributed by atoms with Crippen molar-refractivity contribution in [2.45, 2.75) is 13.0 Å². The van der Waals surface area contributed by atoms with Crippen molar-refractivity contribution < 1.29 is 0 Å². The summed E-state index contributed by atoms with van der Waals surface area (Å²) in [5.74, 6) is 0. The summed E-state index contributed by atoms with van der Waals surface area (Å²) in [6.07, 6.45) is 3.46. The Labute approximate surface area is 104 Å². The fourth-order valence-corrected chi connectivity index (χ4v) is 2.59. The Kier molecular flexibility index (Phi) is 3.93. The minimum Gasteiger partial charge on any atom is -0.306 e. The molecule has 0 radical (unpaired) electrons. The van der Waals surface area contributed by atoms with Crippen LogP contribution in [0.4, 0.5) is 0 Å². The van der Waals surface area contributed by atoms with E-state index in [4.69, 9.17) is 11.6 Å². The molecule has 0 aliphatic heterocycles. The highest BCUT2D eigenvalue weighted by atomic mass is 35.5. The molecule has 2 rings (SSSR count). The van der Waals surface area contributed by atoms with Crippen molar-refractivity contribution >= 4 is 22.9 Å². The first kappa shape index (κ1) is 11.6. The quantitative estimate of drug-likeness (QED) is 0.901. The normalized spacial score (nSPS) is 12.6. The number of hydrogen-bond donors (Lipinski definition) is 1. The summed E-state index contributed by atoms with van der Waals surface area (Å²) >= 11 is 7.87. The van der Waals surface area contributed by atoms with Gasteiger partial charge in [0.2, 0.25) is 0 Å². The fourth-order valence-electron chi connectivity index (χ4n) is 1.67. The van der Waals surface area contributed by atoms with Gasteiger partial charge in [-0.2, -0.15) is 11.3 Å². The minimum absolute atomic E-state index is 0.159. The van der Waals surface area contributed by atoms with Crippen molar-refractivity contribution in [2.24, 2.45) is 0 Å². The molecule has 0 aliphatic rings. The van der Waals surface area contributed by atoms with Gasteiger partial charge in [0.1, 0.15) is 0 Å². The second-order valence-electron chi connectivity index (χ2n) is 3.44. The number of aromatic nitrogens is 1. The van der Waals surface area contributed by atoms with E-state index in [2.05, 4.69) is 34.1 Å². The Balaban J connectivity index is 2.37. The van der Waals surface area contributed by atoms with Crippen LogP contribution in [0.2, 0.25) is 5.02 Å². The lowest BCUT2D eigenvalue weighted by Gasteiger charge is -2.18. The molecule has 4 heteroatoms. The van der Waals surface area contributed by atoms with Gasteiger partial charge >= 0.3 is 0 Å². The second-order valence-corrected chi connectivity index (χ2v) is 4.63. The van der Waals surface area contributed by atoms with Crippen molar-refractivity contribution in [3.8, 4) is 0 Å². The van der Waals surface area contributed by atoms with Gasteiger partial charge in [0.25, 0.3) is 0 Å². The largest absolute Gasteiger partial charge is 0.306 e. The lowest BCUT2D eigenvalue weighted by atomic mass is 10.0. The molecule has 84 valence electrons. The SMILES string of the molecule is CCNC(c1ccsc1)c1ccncc1Cl. The van der Waals surface area contributed by atoms with Crippen LogP contribution in [0.3, 0.4) is 0 Å². The van der Waals surface area contributed by atoms with E-state index in [1.165, 1.54) is 5.56 Å². The summed E-state index contributed by atoms with van der Waals surface area (Å²) in [6.45, 7) is 2.99. The van der Waals surface area contributed by atoms with Gasteiger partial charge in [-0.3, -0.25) is 4.98 Å². The van der Waals surface area contributed by atoms with Crippen LogP contribution in [0.1, 0.15) is 24.1 Å². The van der Waals surface area contributed by atoms with Crippen LogP contribution < -0.4 is 5.32 Å². The maximum atomic E-state index is 6.17. The second kappa shape index (κ2) is 5.43. The molecule has 2 aromatic heterocycles. The molecule has 0 aromatic carbocycles. The van der Waals surface area contributed by atoms with Crippen molar-refractivity contribution in [3.05, 3.63) is 51.4 Å². The monoisotopic (exact) mass is 252 g/mol. The zero-order chi connectivity index (χ0) is 11.4. The molecule has 0 saturated heterocycles. The van der Waals surface area contributed by atoms with Crippen molar-refractivity contribution in [1.29, 1.82) is 0 Å². The van der Waals surface area contributed by atoms with Gasteiger partial charge in [0.05, 0.1) is 11.1 Å². The lowest BCUT2D eigenvalue weighted by molar-refractivity contribution is 0.632. The van der Waals surface area contributed by atoms with Gasteiger partial charge in [0.15, 0.2) is 0 Å². The zero-order valence-electron chi connectivity index (χ0n) is 8.98. The summed E-state index contributed by atoms with van der Waals surface area (Å²) in [4.78, 5) is 4.01. The molecule has 1 N–H and O–H groups in total. The summed E-state index contributed by atoms with van der Waals surface area (Å²) in [5.41, 5.74) is 2.33. The van der Waals surface area contributed by atoms with Crippen LogP contribution in [-0.4, -0.2) is 11.5 Å². The van der Waals surface area contributed by atoms with Crippen LogP contribution in [-0.2, 0) is 0 Å². The van der Waals surface area contributed by atoms with Crippen LogP contribution in [0, 0.1) is 0 Å². The van der Waals surface area contributed by atoms with E-state index in [1.54, 1.807) is 23.7 Å². The third-order valence-corrected chi connectivity index (χ3v) is 3.42. The third kappa shape index (κ3) is 2.43. The number of hydrogen-bond acceptors (Lipinski definition) is 3. The van der Waals surface area contributed by atoms with E-state index in [0.29, 0.717) is 5.02 Å². The summed E-state index contributed by atoms with van der Waals surface area (Å²) in [6, 6.07) is 4.24. The van der Waals surface area contributed by atoms with E-state index in [1.807, 2.05) is 6.07 Å². The molecule has 0 saturated carbocycles. The predicted octanol–water partition coefficient (Wildman–Crippen LogP) is 3.50. The van der Waals surface area contributed by atoms with E-state index >= 15 is 0 Å². The number of nitrogens with zero attached hydrogens (tertiary/aromatic N) is 1. The van der Waals surface area contributed by atoms with Gasteiger partial charge in [0, 0.05) is 12.4 Å². The zero-order valence-corrected chi connectivity index (χ0v) is 10.6. The van der Waals surface area contributed by atoms with E-state index in [-0.39, 0.29) is 6.04 Å². The Morgan fingerprint density at radius 1 is 1.50 bits per heavy atom. The molecule has 1 unspecified atom stereocenters. The number of halogens is 1. The highest BCUT2D eigenvalue weighted by Crippen LogP contribution is 2.28. The molecule has 2 heterocycles. The Morgan fingerprint density at radius 2 is 2.38 bits per heavy atom. The Morgan fingerprint density at radius 3 is 3.00 bits per heavy atom. The number of nitrogens with one attached hydrogen (secondary N) is 1. The molecule has 2 nitrogen and oxygen atoms in total. The highest BCUT2D eigenvalue weighted by molar-refractivity contribution is 7.08. The number of rotatable bonds is 4. The summed E-state index contributed by atoms with van der Waals surface area (Å²) in [7, 11) is 0. The van der Waals surface area contributed by atoms with Crippen LogP contribution in [0.25, 0.3) is 0 Å². The maximum absolute atomic E-state index is 6.17. The first-order valence-electron chi connectivity index (χ1n) is 5.17. The van der Waals surface area contributed by atoms with E-state index in [0.717, 1.165) is 12.1 Å². The predicted molar refractivity (Wildman–Crippen MR) is 69.1 cm³/mol. The molecule has 0 amide bonds. The topological polar surface area (TPSA) is 24.9 Å². The van der Waals surface area contributed by atoms with Crippen LogP contribution in [0.5, 0.6) is 0 Å². The smallest absolute Gasteiger partial charge is 0.0640 e. The summed E-state index contributed by atoms with van der Waals surface area (Å²) < 4.78 is 0. The first-order valence-corrected chi connectivity index (χ1v) is 6.50. The maximum Gasteiger partial charge on any atom is 0.0640 e. The Hall–Kier alpha value is -0.900. The molecular weight excluding hydrogens is 240 g/mol. The van der Waals surface area contributed by atoms with Crippen molar-refractivity contribution in [3.63, 3.8) is 0 Å². The first-order chi connectivity index (χ1) is 7.83. The van der Waals surface area contributed by atoms with Crippen LogP contribution >= 0.6 is 22.9 Å². The van der Waals surface area contributed by atoms with Gasteiger partial charge in [-0.05, 0) is 40.6 Å². The lowest BCUT2D eigenvalue weighted by Crippen LogP contribution is -2.21. The molecule has 0 fully saturated rings. The molecular formula is C12H13ClN2S. The standard InChI is InChI=1S/C12H13ClN2S/c1-2-15-12(9-4-6-16-8-9)10-3-5-14-7-11(10)13/h3-8,12,15H,2H2,1H3. The highest BCUT2D eigenvalue weighted by Gasteiger charge is 2.15. The molecule has 16 heavy (non-hydrogen) atoms. The third-order valence-electron chi connectivity index (χ3n) is 2.40. The summed E-state index contributed by atoms with van der Waals surface area (Å²) in [5, 5.41) is 8.37. The Bertz CT molecular complexity index is 442. The number of pyridine rings is 1. The number of thiophene rings is 1. The molecule has 0 aliphatic carbocycles. The molecule has 2 aromatic rings. The van der Waals surface area contributed by atoms with Gasteiger partial charge in [-0.25, -0.2) is 0 Å². The van der Waals surface area contributed by atoms with Crippen molar-refractivity contribution in [1.82, 2.24) is 10.3 Å². The fraction of sp³-hybridized carbons (Fsp3) is 0.250. The van der Waals surface area contributed by atoms with Crippen molar-refractivity contribution in [2.75, 3.05) is 6.54 Å². The minimum atomic E-state index is 0.159. The molecule has 1 atom stereocenters. The average Bonchev–Trinajstić information content (AvgIpc) is 2.80. The van der Waals surface area contributed by atoms with Gasteiger partial charge < -0.3 is 5.32 Å². The van der Waals surface area contributed by atoms with E-state index in [9.17, 15) is 0 Å². The van der Waals surface area contributed by atoms with Crippen LogP contribution in [0.15, 0.2) is 35.3 Å². The van der Waals surface area contributed by atoms with E-state index < -0.39 is 0 Å². The molecule has 0 bridgehead atoms. The average molecular weight is 253 g/mol.